The first-order chi connectivity index (χ1) is 28.9. The largest absolute Gasteiger partial charge is 0.444 e. The molecule has 2 amide bonds. The van der Waals surface area contributed by atoms with E-state index >= 15 is 0 Å². The minimum atomic E-state index is -2.02. The van der Waals surface area contributed by atoms with Crippen LogP contribution in [-0.2, 0) is 49.1 Å². The first kappa shape index (κ1) is 56.4. The van der Waals surface area contributed by atoms with Gasteiger partial charge in [-0.25, -0.2) is 14.6 Å². The number of rotatable bonds is 13. The average molecular weight is 970 g/mol. The molecule has 64 heavy (non-hydrogen) atoms. The highest BCUT2D eigenvalue weighted by Crippen LogP contribution is 2.42. The molecule has 0 radical (unpaired) electrons. The monoisotopic (exact) mass is 969 g/mol. The normalized spacial score (nSPS) is 21.8. The van der Waals surface area contributed by atoms with Crippen LogP contribution in [-0.4, -0.2) is 114 Å². The Morgan fingerprint density at radius 3 is 1.62 bits per heavy atom. The Labute approximate surface area is 398 Å². The molecule has 12 nitrogen and oxygen atoms in total. The molecule has 2 aliphatic rings. The van der Waals surface area contributed by atoms with Gasteiger partial charge < -0.3 is 28.5 Å². The van der Waals surface area contributed by atoms with Gasteiger partial charge in [0, 0.05) is 22.6 Å². The van der Waals surface area contributed by atoms with Gasteiger partial charge in [0.05, 0.1) is 46.8 Å². The summed E-state index contributed by atoms with van der Waals surface area (Å²) in [6.45, 7) is 46.6. The van der Waals surface area contributed by atoms with Crippen molar-refractivity contribution in [1.82, 2.24) is 19.8 Å². The highest BCUT2D eigenvalue weighted by atomic mass is 32.1. The topological polar surface area (TPSA) is 133 Å². The van der Waals surface area contributed by atoms with Crippen molar-refractivity contribution < 1.29 is 38.1 Å². The number of carbonyl (C=O) groups is 2. The third-order valence-electron chi connectivity index (χ3n) is 13.0. The summed E-state index contributed by atoms with van der Waals surface area (Å²) in [5.74, 6) is 0. The summed E-state index contributed by atoms with van der Waals surface area (Å²) in [6, 6.07) is -0.544. The summed E-state index contributed by atoms with van der Waals surface area (Å²) < 4.78 is 32.1. The third-order valence-corrected chi connectivity index (χ3v) is 26.2. The highest BCUT2D eigenvalue weighted by molar-refractivity contribution is 7.26. The fourth-order valence-corrected chi connectivity index (χ4v) is 13.8. The minimum Gasteiger partial charge on any atom is -0.444 e. The quantitative estimate of drug-likeness (QED) is 0.193. The van der Waals surface area contributed by atoms with Crippen LogP contribution in [0.4, 0.5) is 9.59 Å². The van der Waals surface area contributed by atoms with Crippen LogP contribution in [0.5, 0.6) is 0 Å². The molecule has 368 valence electrons. The van der Waals surface area contributed by atoms with E-state index in [-0.39, 0.29) is 41.0 Å². The van der Waals surface area contributed by atoms with Crippen molar-refractivity contribution in [3.05, 3.63) is 26.7 Å². The predicted molar refractivity (Wildman–Crippen MR) is 268 cm³/mol. The van der Waals surface area contributed by atoms with Gasteiger partial charge in [0.25, 0.3) is 0 Å². The van der Waals surface area contributed by atoms with E-state index in [1.807, 2.05) is 91.0 Å². The molecule has 0 aromatic carbocycles. The van der Waals surface area contributed by atoms with Crippen molar-refractivity contribution in [1.29, 1.82) is 0 Å². The van der Waals surface area contributed by atoms with Crippen molar-refractivity contribution in [2.24, 2.45) is 0 Å². The standard InChI is InChI=1S/C30H58N2O4SSi2.C18H30N2O4S/c1-17-18-24-21(31-25(37-24)38(13,14)28(5,6)7)19-22-23(20-34-39(15,16)29(8,9)10)35-30(11,12)32(22)26(33)36-27(2,3)4;1-7-8-15-12(19-11-25-15)9-13-14(10-21)23-18(5,6)20(13)16(22)24-17(2,3)4/h22-23H,17-20H2,1-16H3;11,13-14,21H,7-10H2,1-6H3/t22-,23+;13-,14+/m00/s1. The zero-order chi connectivity index (χ0) is 49.2. The maximum Gasteiger partial charge on any atom is 0.412 e. The SMILES string of the molecule is CCCc1sc([Si](C)(C)C(C)(C)C)nc1C[C@H]1[C@@H](CO[Si](C)(C)C(C)(C)C)OC(C)(C)N1C(=O)OC(C)(C)C.CCCc1scnc1C[C@H]1[C@@H](CO)OC(C)(C)N1C(=O)OC(C)(C)C. The Morgan fingerprint density at radius 1 is 0.734 bits per heavy atom. The van der Waals surface area contributed by atoms with E-state index < -0.39 is 51.2 Å². The zero-order valence-corrected chi connectivity index (χ0v) is 47.6. The summed E-state index contributed by atoms with van der Waals surface area (Å²) in [4.78, 5) is 42.3. The van der Waals surface area contributed by atoms with Crippen molar-refractivity contribution in [3.8, 4) is 0 Å². The molecule has 0 bridgehead atoms. The van der Waals surface area contributed by atoms with Gasteiger partial charge >= 0.3 is 12.2 Å². The highest BCUT2D eigenvalue weighted by Gasteiger charge is 2.54. The molecule has 0 spiro atoms. The summed E-state index contributed by atoms with van der Waals surface area (Å²) >= 11 is 3.53. The molecule has 2 saturated heterocycles. The lowest BCUT2D eigenvalue weighted by Crippen LogP contribution is -2.52. The predicted octanol–water partition coefficient (Wildman–Crippen LogP) is 11.5. The number of hydrogen-bond donors (Lipinski definition) is 1. The Morgan fingerprint density at radius 2 is 1.19 bits per heavy atom. The molecule has 0 aliphatic carbocycles. The number of hydrogen-bond acceptors (Lipinski definition) is 12. The molecule has 4 atom stereocenters. The van der Waals surface area contributed by atoms with Crippen molar-refractivity contribution >= 4 is 55.9 Å². The molecule has 4 rings (SSSR count). The van der Waals surface area contributed by atoms with Crippen LogP contribution >= 0.6 is 22.7 Å². The summed E-state index contributed by atoms with van der Waals surface area (Å²) in [5.41, 5.74) is 1.07. The maximum atomic E-state index is 13.7. The van der Waals surface area contributed by atoms with Gasteiger partial charge in [0.2, 0.25) is 0 Å². The molecule has 1 N–H and O–H groups in total. The van der Waals surface area contributed by atoms with Crippen LogP contribution in [0.15, 0.2) is 5.51 Å². The van der Waals surface area contributed by atoms with Gasteiger partial charge in [-0.2, -0.15) is 0 Å². The lowest BCUT2D eigenvalue weighted by molar-refractivity contribution is -0.0870. The van der Waals surface area contributed by atoms with Gasteiger partial charge in [-0.1, -0.05) is 81.3 Å². The van der Waals surface area contributed by atoms with Crippen LogP contribution in [0.1, 0.15) is 159 Å². The van der Waals surface area contributed by atoms with E-state index in [4.69, 9.17) is 28.4 Å². The molecule has 2 aromatic rings. The Kier molecular flexibility index (Phi) is 18.3. The molecule has 2 aromatic heterocycles. The Bertz CT molecular complexity index is 1850. The van der Waals surface area contributed by atoms with Crippen molar-refractivity contribution in [2.75, 3.05) is 13.2 Å². The minimum absolute atomic E-state index is 0.0861. The van der Waals surface area contributed by atoms with E-state index in [0.717, 1.165) is 37.1 Å². The summed E-state index contributed by atoms with van der Waals surface area (Å²) in [6.07, 6.45) is 3.75. The van der Waals surface area contributed by atoms with E-state index in [1.54, 1.807) is 16.2 Å². The molecular weight excluding hydrogens is 881 g/mol. The molecule has 4 heterocycles. The lowest BCUT2D eigenvalue weighted by atomic mass is 10.0. The van der Waals surface area contributed by atoms with Crippen LogP contribution in [0.3, 0.4) is 0 Å². The molecule has 0 saturated carbocycles. The number of nitrogens with zero attached hydrogens (tertiary/aromatic N) is 4. The average Bonchev–Trinajstić information content (AvgIpc) is 3.84. The number of aryl methyl sites for hydroxylation is 2. The molecule has 2 aliphatic heterocycles. The zero-order valence-electron chi connectivity index (χ0n) is 44.0. The van der Waals surface area contributed by atoms with Crippen molar-refractivity contribution in [3.63, 3.8) is 0 Å². The fraction of sp³-hybridized carbons (Fsp3) is 0.833. The van der Waals surface area contributed by atoms with E-state index in [0.29, 0.717) is 19.4 Å². The molecule has 0 unspecified atom stereocenters. The van der Waals surface area contributed by atoms with Gasteiger partial charge in [-0.3, -0.25) is 14.8 Å². The summed E-state index contributed by atoms with van der Waals surface area (Å²) in [5, 5.41) is 10.1. The smallest absolute Gasteiger partial charge is 0.412 e. The number of thiazole rings is 2. The summed E-state index contributed by atoms with van der Waals surface area (Å²) in [7, 11) is -3.82. The van der Waals surface area contributed by atoms with Crippen LogP contribution in [0.25, 0.3) is 0 Å². The first-order valence-electron chi connectivity index (χ1n) is 23.5. The maximum absolute atomic E-state index is 13.7. The fourth-order valence-electron chi connectivity index (χ4n) is 7.57. The number of ether oxygens (including phenoxy) is 4. The Hall–Kier alpha value is -1.93. The number of aromatic nitrogens is 2. The second-order valence-corrected chi connectivity index (χ2v) is 36.1. The second-order valence-electron chi connectivity index (χ2n) is 23.7. The molecular formula is C48H88N4O8S2Si2. The Balaban J connectivity index is 0.000000374. The number of aliphatic hydroxyl groups excluding tert-OH is 1. The van der Waals surface area contributed by atoms with Gasteiger partial charge in [0.1, 0.15) is 42.9 Å². The first-order valence-corrected chi connectivity index (χ1v) is 31.1. The van der Waals surface area contributed by atoms with E-state index in [1.165, 1.54) is 14.4 Å². The number of amides is 2. The number of aliphatic hydroxyl groups is 1. The molecule has 16 heteroatoms. The van der Waals surface area contributed by atoms with Crippen LogP contribution in [0.2, 0.25) is 36.3 Å². The molecule has 2 fully saturated rings. The van der Waals surface area contributed by atoms with Gasteiger partial charge in [-0.05, 0) is 105 Å². The van der Waals surface area contributed by atoms with Crippen molar-refractivity contribution in [2.45, 2.75) is 246 Å². The second kappa shape index (κ2) is 20.7. The van der Waals surface area contributed by atoms with Gasteiger partial charge in [0.15, 0.2) is 8.32 Å². The van der Waals surface area contributed by atoms with Crippen LogP contribution < -0.4 is 4.63 Å². The third kappa shape index (κ3) is 14.1. The number of carbonyl (C=O) groups excluding carboxylic acids is 2. The van der Waals surface area contributed by atoms with E-state index in [9.17, 15) is 14.7 Å². The van der Waals surface area contributed by atoms with Crippen LogP contribution in [0, 0.1) is 0 Å². The van der Waals surface area contributed by atoms with E-state index in [2.05, 4.69) is 86.6 Å². The lowest BCUT2D eigenvalue weighted by Gasteiger charge is -2.37. The van der Waals surface area contributed by atoms with Gasteiger partial charge in [-0.15, -0.1) is 22.7 Å².